The number of rotatable bonds is 7. The van der Waals surface area contributed by atoms with Gasteiger partial charge in [0.15, 0.2) is 0 Å². The zero-order valence-electron chi connectivity index (χ0n) is 11.5. The summed E-state index contributed by atoms with van der Waals surface area (Å²) >= 11 is 0. The summed E-state index contributed by atoms with van der Waals surface area (Å²) in [5.41, 5.74) is 1.32. The summed E-state index contributed by atoms with van der Waals surface area (Å²) in [5.74, 6) is 1.60. The van der Waals surface area contributed by atoms with Crippen LogP contribution in [0.15, 0.2) is 24.3 Å². The molecular formula is C15H25NO. The van der Waals surface area contributed by atoms with Gasteiger partial charge in [0.05, 0.1) is 0 Å². The molecule has 2 heteroatoms. The molecule has 0 saturated heterocycles. The molecule has 2 nitrogen and oxygen atoms in total. The van der Waals surface area contributed by atoms with Gasteiger partial charge in [-0.3, -0.25) is 0 Å². The van der Waals surface area contributed by atoms with Gasteiger partial charge in [-0.15, -0.1) is 0 Å². The van der Waals surface area contributed by atoms with Crippen molar-refractivity contribution in [3.63, 3.8) is 0 Å². The second-order valence-corrected chi connectivity index (χ2v) is 4.55. The number of ether oxygens (including phenoxy) is 1. The molecule has 0 radical (unpaired) electrons. The predicted octanol–water partition coefficient (Wildman–Crippen LogP) is 3.58. The second-order valence-electron chi connectivity index (χ2n) is 4.55. The Kier molecular flexibility index (Phi) is 6.06. The summed E-state index contributed by atoms with van der Waals surface area (Å²) in [6.07, 6.45) is 2.42. The van der Waals surface area contributed by atoms with Crippen LogP contribution in [0.2, 0.25) is 0 Å². The fourth-order valence-electron chi connectivity index (χ4n) is 1.89. The molecule has 1 rings (SSSR count). The minimum Gasteiger partial charge on any atom is -0.489 e. The maximum atomic E-state index is 6.10. The molecule has 1 aromatic rings. The van der Waals surface area contributed by atoms with Crippen molar-refractivity contribution in [3.8, 4) is 5.75 Å². The van der Waals surface area contributed by atoms with Crippen molar-refractivity contribution in [1.82, 2.24) is 5.32 Å². The van der Waals surface area contributed by atoms with E-state index in [1.54, 1.807) is 0 Å². The van der Waals surface area contributed by atoms with Crippen molar-refractivity contribution < 1.29 is 4.74 Å². The van der Waals surface area contributed by atoms with Crippen molar-refractivity contribution in [2.24, 2.45) is 0 Å². The Balaban J connectivity index is 2.81. The molecule has 0 aromatic heterocycles. The van der Waals surface area contributed by atoms with E-state index in [1.807, 2.05) is 13.1 Å². The highest BCUT2D eigenvalue weighted by atomic mass is 16.5. The van der Waals surface area contributed by atoms with Gasteiger partial charge in [0.1, 0.15) is 11.9 Å². The van der Waals surface area contributed by atoms with Crippen molar-refractivity contribution in [1.29, 1.82) is 0 Å². The zero-order valence-corrected chi connectivity index (χ0v) is 11.5. The molecule has 0 aliphatic heterocycles. The Hall–Kier alpha value is -1.02. The summed E-state index contributed by atoms with van der Waals surface area (Å²) in [6.45, 7) is 7.52. The molecule has 1 N–H and O–H groups in total. The van der Waals surface area contributed by atoms with Crippen LogP contribution in [-0.2, 0) is 0 Å². The lowest BCUT2D eigenvalue weighted by molar-refractivity contribution is 0.194. The Labute approximate surface area is 105 Å². The molecule has 0 amide bonds. The highest BCUT2D eigenvalue weighted by Gasteiger charge is 2.13. The SMILES string of the molecule is CCC(CNC)Oc1ccccc1C(C)CC. The summed E-state index contributed by atoms with van der Waals surface area (Å²) in [4.78, 5) is 0. The first-order chi connectivity index (χ1) is 8.22. The average molecular weight is 235 g/mol. The van der Waals surface area contributed by atoms with E-state index in [0.717, 1.165) is 25.1 Å². The minimum absolute atomic E-state index is 0.255. The Morgan fingerprint density at radius 2 is 1.88 bits per heavy atom. The molecular weight excluding hydrogens is 210 g/mol. The van der Waals surface area contributed by atoms with Crippen molar-refractivity contribution in [3.05, 3.63) is 29.8 Å². The Morgan fingerprint density at radius 1 is 1.18 bits per heavy atom. The van der Waals surface area contributed by atoms with E-state index in [0.29, 0.717) is 5.92 Å². The zero-order chi connectivity index (χ0) is 12.7. The first-order valence-corrected chi connectivity index (χ1v) is 6.63. The van der Waals surface area contributed by atoms with Crippen LogP contribution in [0.25, 0.3) is 0 Å². The third-order valence-electron chi connectivity index (χ3n) is 3.24. The van der Waals surface area contributed by atoms with Crippen LogP contribution in [0.5, 0.6) is 5.75 Å². The second kappa shape index (κ2) is 7.33. The highest BCUT2D eigenvalue weighted by molar-refractivity contribution is 5.36. The number of likely N-dealkylation sites (N-methyl/N-ethyl adjacent to an activating group) is 1. The van der Waals surface area contributed by atoms with Gasteiger partial charge in [-0.1, -0.05) is 39.0 Å². The van der Waals surface area contributed by atoms with E-state index < -0.39 is 0 Å². The van der Waals surface area contributed by atoms with Crippen LogP contribution in [0.4, 0.5) is 0 Å². The molecule has 2 unspecified atom stereocenters. The maximum Gasteiger partial charge on any atom is 0.123 e. The lowest BCUT2D eigenvalue weighted by Gasteiger charge is -2.21. The maximum absolute atomic E-state index is 6.10. The van der Waals surface area contributed by atoms with Crippen molar-refractivity contribution in [2.75, 3.05) is 13.6 Å². The van der Waals surface area contributed by atoms with Gasteiger partial charge in [-0.2, -0.15) is 0 Å². The third-order valence-corrected chi connectivity index (χ3v) is 3.24. The average Bonchev–Trinajstić information content (AvgIpc) is 2.38. The summed E-state index contributed by atoms with van der Waals surface area (Å²) in [7, 11) is 1.96. The lowest BCUT2D eigenvalue weighted by atomic mass is 9.98. The fourth-order valence-corrected chi connectivity index (χ4v) is 1.89. The predicted molar refractivity (Wildman–Crippen MR) is 73.8 cm³/mol. The van der Waals surface area contributed by atoms with Gasteiger partial charge in [0.25, 0.3) is 0 Å². The Morgan fingerprint density at radius 3 is 2.47 bits per heavy atom. The normalized spacial score (nSPS) is 14.4. The van der Waals surface area contributed by atoms with Gasteiger partial charge in [-0.25, -0.2) is 0 Å². The standard InChI is InChI=1S/C15H25NO/c1-5-12(3)14-9-7-8-10-15(14)17-13(6-2)11-16-4/h7-10,12-13,16H,5-6,11H2,1-4H3. The largest absolute Gasteiger partial charge is 0.489 e. The van der Waals surface area contributed by atoms with Crippen molar-refractivity contribution in [2.45, 2.75) is 45.6 Å². The monoisotopic (exact) mass is 235 g/mol. The molecule has 0 aliphatic carbocycles. The van der Waals surface area contributed by atoms with Gasteiger partial charge in [0, 0.05) is 6.54 Å². The topological polar surface area (TPSA) is 21.3 Å². The molecule has 0 bridgehead atoms. The lowest BCUT2D eigenvalue weighted by Crippen LogP contribution is -2.28. The molecule has 0 heterocycles. The van der Waals surface area contributed by atoms with E-state index in [9.17, 15) is 0 Å². The van der Waals surface area contributed by atoms with Crippen LogP contribution in [0.1, 0.15) is 45.1 Å². The number of hydrogen-bond donors (Lipinski definition) is 1. The quantitative estimate of drug-likeness (QED) is 0.780. The number of hydrogen-bond acceptors (Lipinski definition) is 2. The first-order valence-electron chi connectivity index (χ1n) is 6.63. The smallest absolute Gasteiger partial charge is 0.123 e. The molecule has 0 aliphatic rings. The van der Waals surface area contributed by atoms with Crippen LogP contribution in [0, 0.1) is 0 Å². The number of nitrogens with one attached hydrogen (secondary N) is 1. The van der Waals surface area contributed by atoms with Gasteiger partial charge >= 0.3 is 0 Å². The highest BCUT2D eigenvalue weighted by Crippen LogP contribution is 2.29. The first kappa shape index (κ1) is 14.0. The number of para-hydroxylation sites is 1. The van der Waals surface area contributed by atoms with Crippen LogP contribution in [0.3, 0.4) is 0 Å². The van der Waals surface area contributed by atoms with Gasteiger partial charge in [0.2, 0.25) is 0 Å². The summed E-state index contributed by atoms with van der Waals surface area (Å²) < 4.78 is 6.10. The summed E-state index contributed by atoms with van der Waals surface area (Å²) in [6, 6.07) is 8.40. The molecule has 17 heavy (non-hydrogen) atoms. The third kappa shape index (κ3) is 4.04. The van der Waals surface area contributed by atoms with Crippen LogP contribution >= 0.6 is 0 Å². The molecule has 1 aromatic carbocycles. The number of benzene rings is 1. The van der Waals surface area contributed by atoms with Gasteiger partial charge < -0.3 is 10.1 Å². The summed E-state index contributed by atoms with van der Waals surface area (Å²) in [5, 5.41) is 3.18. The van der Waals surface area contributed by atoms with E-state index in [4.69, 9.17) is 4.74 Å². The molecule has 0 fully saturated rings. The van der Waals surface area contributed by atoms with E-state index >= 15 is 0 Å². The van der Waals surface area contributed by atoms with E-state index in [-0.39, 0.29) is 6.10 Å². The van der Waals surface area contributed by atoms with Crippen LogP contribution < -0.4 is 10.1 Å². The minimum atomic E-state index is 0.255. The van der Waals surface area contributed by atoms with E-state index in [2.05, 4.69) is 44.3 Å². The van der Waals surface area contributed by atoms with E-state index in [1.165, 1.54) is 5.56 Å². The van der Waals surface area contributed by atoms with Crippen molar-refractivity contribution >= 4 is 0 Å². The Bertz CT molecular complexity index is 324. The van der Waals surface area contributed by atoms with Gasteiger partial charge in [-0.05, 0) is 37.4 Å². The van der Waals surface area contributed by atoms with Crippen LogP contribution in [-0.4, -0.2) is 19.7 Å². The molecule has 0 saturated carbocycles. The molecule has 0 spiro atoms. The molecule has 96 valence electrons. The fraction of sp³-hybridized carbons (Fsp3) is 0.600. The molecule has 2 atom stereocenters.